The minimum Gasteiger partial charge on any atom is -0.482 e. The maximum atomic E-state index is 13.6. The molecule has 8 nitrogen and oxygen atoms in total. The first kappa shape index (κ1) is 19.3. The summed E-state index contributed by atoms with van der Waals surface area (Å²) in [6, 6.07) is 8.34. The first-order valence-corrected chi connectivity index (χ1v) is 8.56. The van der Waals surface area contributed by atoms with Crippen molar-refractivity contribution in [2.24, 2.45) is 0 Å². The third-order valence-electron chi connectivity index (χ3n) is 4.23. The topological polar surface area (TPSA) is 108 Å². The van der Waals surface area contributed by atoms with Gasteiger partial charge in [0.2, 0.25) is 0 Å². The molecule has 0 saturated heterocycles. The number of rotatable bonds is 7. The summed E-state index contributed by atoms with van der Waals surface area (Å²) in [7, 11) is 0. The third kappa shape index (κ3) is 4.81. The van der Waals surface area contributed by atoms with Crippen molar-refractivity contribution in [2.75, 3.05) is 18.5 Å². The van der Waals surface area contributed by atoms with Crippen molar-refractivity contribution in [3.05, 3.63) is 63.5 Å². The normalized spacial score (nSPS) is 12.2. The van der Waals surface area contributed by atoms with Gasteiger partial charge < -0.3 is 14.8 Å². The lowest BCUT2D eigenvalue weighted by Gasteiger charge is -2.09. The van der Waals surface area contributed by atoms with E-state index in [1.807, 2.05) is 12.1 Å². The van der Waals surface area contributed by atoms with Crippen molar-refractivity contribution in [3.8, 4) is 5.75 Å². The van der Waals surface area contributed by atoms with E-state index in [0.29, 0.717) is 5.75 Å². The van der Waals surface area contributed by atoms with Gasteiger partial charge in [-0.15, -0.1) is 0 Å². The average Bonchev–Trinajstić information content (AvgIpc) is 3.14. The predicted octanol–water partition coefficient (Wildman–Crippen LogP) is 2.78. The first-order chi connectivity index (χ1) is 13.4. The molecule has 3 rings (SSSR count). The molecule has 9 heteroatoms. The Labute approximate surface area is 159 Å². The molecule has 0 bridgehead atoms. The zero-order valence-corrected chi connectivity index (χ0v) is 14.8. The van der Waals surface area contributed by atoms with Crippen molar-refractivity contribution in [3.63, 3.8) is 0 Å². The van der Waals surface area contributed by atoms with Gasteiger partial charge >= 0.3 is 5.97 Å². The van der Waals surface area contributed by atoms with E-state index in [9.17, 15) is 24.1 Å². The Morgan fingerprint density at radius 2 is 1.89 bits per heavy atom. The van der Waals surface area contributed by atoms with Crippen molar-refractivity contribution >= 4 is 23.3 Å². The van der Waals surface area contributed by atoms with Crippen LogP contribution in [0.4, 0.5) is 15.8 Å². The van der Waals surface area contributed by atoms with Crippen LogP contribution in [0, 0.1) is 15.9 Å². The molecule has 0 radical (unpaired) electrons. The van der Waals surface area contributed by atoms with Crippen LogP contribution in [0.25, 0.3) is 0 Å². The lowest BCUT2D eigenvalue weighted by molar-refractivity contribution is -0.384. The van der Waals surface area contributed by atoms with Gasteiger partial charge in [0.1, 0.15) is 11.6 Å². The number of amides is 1. The number of non-ortho nitro benzene ring substituents is 1. The summed E-state index contributed by atoms with van der Waals surface area (Å²) in [5.41, 5.74) is 1.73. The van der Waals surface area contributed by atoms with Crippen LogP contribution in [0.15, 0.2) is 36.4 Å². The van der Waals surface area contributed by atoms with Gasteiger partial charge in [-0.05, 0) is 48.6 Å². The number of ether oxygens (including phenoxy) is 2. The number of hydrogen-bond donors (Lipinski definition) is 1. The average molecular weight is 388 g/mol. The fourth-order valence-corrected chi connectivity index (χ4v) is 2.88. The fourth-order valence-electron chi connectivity index (χ4n) is 2.88. The highest BCUT2D eigenvalue weighted by Crippen LogP contribution is 2.26. The number of carbonyl (C=O) groups is 2. The number of anilines is 1. The second kappa shape index (κ2) is 8.47. The number of esters is 1. The van der Waals surface area contributed by atoms with Gasteiger partial charge in [-0.1, -0.05) is 6.07 Å². The van der Waals surface area contributed by atoms with E-state index < -0.39 is 29.2 Å². The van der Waals surface area contributed by atoms with Crippen LogP contribution in [0.3, 0.4) is 0 Å². The number of carbonyl (C=O) groups excluding carboxylic acids is 2. The Morgan fingerprint density at radius 1 is 1.11 bits per heavy atom. The maximum Gasteiger partial charge on any atom is 0.344 e. The number of benzene rings is 2. The van der Waals surface area contributed by atoms with Crippen LogP contribution in [-0.2, 0) is 27.2 Å². The Morgan fingerprint density at radius 3 is 2.68 bits per heavy atom. The molecule has 1 N–H and O–H groups in total. The highest BCUT2D eigenvalue weighted by molar-refractivity contribution is 5.93. The van der Waals surface area contributed by atoms with Crippen molar-refractivity contribution in [1.82, 2.24) is 0 Å². The monoisotopic (exact) mass is 388 g/mol. The van der Waals surface area contributed by atoms with Crippen LogP contribution in [0.5, 0.6) is 5.75 Å². The molecule has 2 aromatic carbocycles. The number of nitro benzene ring substituents is 1. The number of hydrogen-bond acceptors (Lipinski definition) is 6. The van der Waals surface area contributed by atoms with Gasteiger partial charge in [0.25, 0.3) is 11.6 Å². The molecule has 146 valence electrons. The summed E-state index contributed by atoms with van der Waals surface area (Å²) >= 11 is 0. The predicted molar refractivity (Wildman–Crippen MR) is 96.6 cm³/mol. The number of nitrogens with zero attached hydrogens (tertiary/aromatic N) is 1. The molecule has 1 amide bonds. The number of aryl methyl sites for hydroxylation is 2. The number of nitrogens with one attached hydrogen (secondary N) is 1. The van der Waals surface area contributed by atoms with Crippen LogP contribution in [-0.4, -0.2) is 30.0 Å². The summed E-state index contributed by atoms with van der Waals surface area (Å²) in [6.07, 6.45) is 3.12. The lowest BCUT2D eigenvalue weighted by Crippen LogP contribution is -2.24. The Kier molecular flexibility index (Phi) is 5.83. The molecule has 0 spiro atoms. The van der Waals surface area contributed by atoms with Crippen LogP contribution in [0.2, 0.25) is 0 Å². The van der Waals surface area contributed by atoms with Crippen LogP contribution >= 0.6 is 0 Å². The minimum absolute atomic E-state index is 0.371. The zero-order valence-electron chi connectivity index (χ0n) is 14.8. The van der Waals surface area contributed by atoms with E-state index in [1.54, 1.807) is 6.07 Å². The Bertz CT molecular complexity index is 931. The molecular formula is C19H17FN2O6. The first-order valence-electron chi connectivity index (χ1n) is 8.56. The summed E-state index contributed by atoms with van der Waals surface area (Å²) in [4.78, 5) is 33.5. The SMILES string of the molecule is O=C(COC(=O)COc1ccc2c(c1)CCC2)Nc1cc([N+](=O)[O-])ccc1F. The summed E-state index contributed by atoms with van der Waals surface area (Å²) in [5.74, 6) is -1.90. The largest absolute Gasteiger partial charge is 0.482 e. The van der Waals surface area contributed by atoms with Crippen molar-refractivity contribution < 1.29 is 28.4 Å². The number of nitro groups is 1. The van der Waals surface area contributed by atoms with Gasteiger partial charge in [0, 0.05) is 12.1 Å². The molecular weight excluding hydrogens is 371 g/mol. The Hall–Kier alpha value is -3.49. The van der Waals surface area contributed by atoms with E-state index >= 15 is 0 Å². The smallest absolute Gasteiger partial charge is 0.344 e. The Balaban J connectivity index is 1.46. The van der Waals surface area contributed by atoms with E-state index in [0.717, 1.165) is 37.5 Å². The van der Waals surface area contributed by atoms with Gasteiger partial charge in [-0.2, -0.15) is 0 Å². The molecule has 28 heavy (non-hydrogen) atoms. The highest BCUT2D eigenvalue weighted by atomic mass is 19.1. The number of halogens is 1. The fraction of sp³-hybridized carbons (Fsp3) is 0.263. The minimum atomic E-state index is -0.842. The molecule has 0 aromatic heterocycles. The zero-order chi connectivity index (χ0) is 20.1. The molecule has 0 unspecified atom stereocenters. The van der Waals surface area contributed by atoms with Gasteiger partial charge in [-0.3, -0.25) is 14.9 Å². The standard InChI is InChI=1S/C19H17FN2O6/c20-16-7-5-14(22(25)26)9-17(16)21-18(23)10-28-19(24)11-27-15-6-4-12-2-1-3-13(12)8-15/h4-9H,1-3,10-11H2,(H,21,23). The lowest BCUT2D eigenvalue weighted by atomic mass is 10.1. The van der Waals surface area contributed by atoms with Gasteiger partial charge in [-0.25, -0.2) is 9.18 Å². The summed E-state index contributed by atoms with van der Waals surface area (Å²) in [6.45, 7) is -1.05. The molecule has 1 aliphatic rings. The molecule has 0 saturated carbocycles. The van der Waals surface area contributed by atoms with Crippen LogP contribution < -0.4 is 10.1 Å². The van der Waals surface area contributed by atoms with E-state index in [1.165, 1.54) is 11.1 Å². The van der Waals surface area contributed by atoms with Crippen molar-refractivity contribution in [2.45, 2.75) is 19.3 Å². The van der Waals surface area contributed by atoms with E-state index in [-0.39, 0.29) is 18.0 Å². The van der Waals surface area contributed by atoms with Gasteiger partial charge in [0.05, 0.1) is 10.6 Å². The molecule has 0 atom stereocenters. The summed E-state index contributed by atoms with van der Waals surface area (Å²) in [5, 5.41) is 12.8. The molecule has 0 fully saturated rings. The second-order valence-electron chi connectivity index (χ2n) is 6.20. The third-order valence-corrected chi connectivity index (χ3v) is 4.23. The maximum absolute atomic E-state index is 13.6. The van der Waals surface area contributed by atoms with Crippen LogP contribution in [0.1, 0.15) is 17.5 Å². The molecule has 0 aliphatic heterocycles. The van der Waals surface area contributed by atoms with Gasteiger partial charge in [0.15, 0.2) is 13.2 Å². The molecule has 0 heterocycles. The highest BCUT2D eigenvalue weighted by Gasteiger charge is 2.15. The molecule has 2 aromatic rings. The van der Waals surface area contributed by atoms with E-state index in [4.69, 9.17) is 9.47 Å². The van der Waals surface area contributed by atoms with E-state index in [2.05, 4.69) is 5.32 Å². The quantitative estimate of drug-likeness (QED) is 0.444. The van der Waals surface area contributed by atoms with Crippen molar-refractivity contribution in [1.29, 1.82) is 0 Å². The molecule has 1 aliphatic carbocycles. The number of fused-ring (bicyclic) bond motifs is 1. The summed E-state index contributed by atoms with van der Waals surface area (Å²) < 4.78 is 23.8. The second-order valence-corrected chi connectivity index (χ2v) is 6.20.